The van der Waals surface area contributed by atoms with Crippen molar-refractivity contribution in [3.8, 4) is 17.6 Å². The van der Waals surface area contributed by atoms with Crippen molar-refractivity contribution >= 4 is 28.9 Å². The van der Waals surface area contributed by atoms with E-state index in [9.17, 15) is 13.2 Å². The molecule has 0 fully saturated rings. The second-order valence-corrected chi connectivity index (χ2v) is 12.1. The summed E-state index contributed by atoms with van der Waals surface area (Å²) in [5.41, 5.74) is -7.74. The molecule has 56 heavy (non-hydrogen) atoms. The molecule has 5 rings (SSSR count). The van der Waals surface area contributed by atoms with Crippen LogP contribution in [0.2, 0.25) is 0 Å². The van der Waals surface area contributed by atoms with E-state index >= 15 is 52.7 Å². The molecule has 0 amide bonds. The highest BCUT2D eigenvalue weighted by Crippen LogP contribution is 2.29. The minimum absolute atomic E-state index is 0.0242. The van der Waals surface area contributed by atoms with E-state index < -0.39 is 123 Å². The molecule has 0 heterocycles. The molecule has 18 heteroatoms. The van der Waals surface area contributed by atoms with E-state index in [1.807, 2.05) is 0 Å². The van der Waals surface area contributed by atoms with Gasteiger partial charge in [-0.05, 0) is 64.9 Å². The quantitative estimate of drug-likeness (QED) is 0.0367. The van der Waals surface area contributed by atoms with Gasteiger partial charge < -0.3 is 9.22 Å². The van der Waals surface area contributed by atoms with Crippen molar-refractivity contribution in [3.63, 3.8) is 0 Å². The molecule has 0 unspecified atom stereocenters. The monoisotopic (exact) mass is 803 g/mol. The molecule has 0 aliphatic rings. The van der Waals surface area contributed by atoms with Gasteiger partial charge in [-0.1, -0.05) is 25.2 Å². The summed E-state index contributed by atoms with van der Waals surface area (Å²) in [4.78, 5) is 0. The van der Waals surface area contributed by atoms with Crippen LogP contribution in [0.3, 0.4) is 0 Å². The van der Waals surface area contributed by atoms with Crippen LogP contribution in [0.25, 0.3) is 0 Å². The highest BCUT2D eigenvalue weighted by molar-refractivity contribution is 7.06. The molecule has 0 N–H and O–H groups in total. The van der Waals surface area contributed by atoms with E-state index in [1.165, 1.54) is 26.2 Å². The maximum absolute atomic E-state index is 16.1. The van der Waals surface area contributed by atoms with Crippen LogP contribution in [0.15, 0.2) is 48.5 Å². The minimum Gasteiger partial charge on any atom is -0.497 e. The summed E-state index contributed by atoms with van der Waals surface area (Å²) in [6.45, 7) is 0.284. The first kappa shape index (κ1) is 41.3. The average molecular weight is 803 g/mol. The highest BCUT2D eigenvalue weighted by Gasteiger charge is 2.57. The van der Waals surface area contributed by atoms with Gasteiger partial charge in [0.1, 0.15) is 46.9 Å². The lowest BCUT2D eigenvalue weighted by molar-refractivity contribution is -0.388. The first-order valence-corrected chi connectivity index (χ1v) is 16.0. The molecule has 0 aromatic heterocycles. The van der Waals surface area contributed by atoms with E-state index in [2.05, 4.69) is 11.8 Å². The summed E-state index contributed by atoms with van der Waals surface area (Å²) >= 11 is 0. The summed E-state index contributed by atoms with van der Waals surface area (Å²) in [5, 5.41) is 0. The molecule has 0 radical (unpaired) electrons. The van der Waals surface area contributed by atoms with Crippen LogP contribution in [0.4, 0.5) is 65.9 Å². The summed E-state index contributed by atoms with van der Waals surface area (Å²) in [6.07, 6.45) is -5.98. The van der Waals surface area contributed by atoms with Crippen LogP contribution in [-0.2, 0) is 0 Å². The van der Waals surface area contributed by atoms with Gasteiger partial charge in [0.05, 0.1) is 13.7 Å². The summed E-state index contributed by atoms with van der Waals surface area (Å²) in [5.74, 6) is -39.8. The Morgan fingerprint density at radius 1 is 0.482 bits per heavy atom. The molecule has 0 saturated heterocycles. The smallest absolute Gasteiger partial charge is 0.372 e. The van der Waals surface area contributed by atoms with Gasteiger partial charge in [0.2, 0.25) is 0 Å². The van der Waals surface area contributed by atoms with Crippen LogP contribution in [-0.4, -0.2) is 30.6 Å². The molecule has 2 nitrogen and oxygen atoms in total. The molecular formula is C38H21BF15NO. The third-order valence-corrected chi connectivity index (χ3v) is 8.92. The predicted octanol–water partition coefficient (Wildman–Crippen LogP) is 8.08. The van der Waals surface area contributed by atoms with Crippen molar-refractivity contribution in [1.82, 2.24) is 0 Å². The summed E-state index contributed by atoms with van der Waals surface area (Å²) in [7, 11) is 1.43. The first-order valence-electron chi connectivity index (χ1n) is 16.0. The first-order chi connectivity index (χ1) is 26.4. The fourth-order valence-corrected chi connectivity index (χ4v) is 6.27. The predicted molar refractivity (Wildman–Crippen MR) is 174 cm³/mol. The van der Waals surface area contributed by atoms with Crippen LogP contribution in [0.5, 0.6) is 5.75 Å². The second-order valence-electron chi connectivity index (χ2n) is 12.1. The molecule has 0 spiro atoms. The third kappa shape index (κ3) is 6.83. The van der Waals surface area contributed by atoms with Crippen molar-refractivity contribution in [2.24, 2.45) is 0 Å². The molecule has 0 atom stereocenters. The maximum atomic E-state index is 16.1. The Balaban J connectivity index is 2.02. The number of hydrogen-bond donors (Lipinski definition) is 0. The van der Waals surface area contributed by atoms with Crippen molar-refractivity contribution in [3.05, 3.63) is 152 Å². The van der Waals surface area contributed by atoms with Gasteiger partial charge in [-0.2, -0.15) is 0 Å². The number of rotatable bonds is 9. The molecule has 5 aromatic carbocycles. The van der Waals surface area contributed by atoms with Crippen molar-refractivity contribution in [2.75, 3.05) is 13.7 Å². The lowest BCUT2D eigenvalue weighted by Crippen LogP contribution is -2.79. The van der Waals surface area contributed by atoms with E-state index in [-0.39, 0.29) is 22.0 Å². The Bertz CT molecular complexity index is 2200. The fraction of sp³-hybridized carbons (Fsp3) is 0.132. The van der Waals surface area contributed by atoms with E-state index in [1.54, 1.807) is 24.3 Å². The summed E-state index contributed by atoms with van der Waals surface area (Å²) in [6, 6.07) is 11.0. The van der Waals surface area contributed by atoms with Gasteiger partial charge >= 0.3 is 6.28 Å². The third-order valence-electron chi connectivity index (χ3n) is 8.92. The van der Waals surface area contributed by atoms with Crippen molar-refractivity contribution < 1.29 is 75.1 Å². The van der Waals surface area contributed by atoms with Crippen LogP contribution in [0.1, 0.15) is 36.5 Å². The van der Waals surface area contributed by atoms with E-state index in [0.29, 0.717) is 17.5 Å². The zero-order chi connectivity index (χ0) is 41.4. The minimum atomic E-state index is -5.95. The van der Waals surface area contributed by atoms with E-state index in [0.717, 1.165) is 12.1 Å². The summed E-state index contributed by atoms with van der Waals surface area (Å²) < 4.78 is 235. The maximum Gasteiger partial charge on any atom is 0.372 e. The van der Waals surface area contributed by atoms with Gasteiger partial charge in [-0.25, -0.2) is 65.9 Å². The van der Waals surface area contributed by atoms with Crippen LogP contribution in [0, 0.1) is 99.1 Å². The normalized spacial score (nSPS) is 11.8. The Kier molecular flexibility index (Phi) is 11.9. The van der Waals surface area contributed by atoms with Gasteiger partial charge in [-0.3, -0.25) is 0 Å². The zero-order valence-corrected chi connectivity index (χ0v) is 28.4. The van der Waals surface area contributed by atoms with Gasteiger partial charge in [0.25, 0.3) is 0 Å². The van der Waals surface area contributed by atoms with Crippen LogP contribution >= 0.6 is 0 Å². The standard InChI is InChI=1S/C38H21BF15NO/c1-3-4-15-55(16-19-9-7-17(8-10-19)5-6-18-11-13-20(56-2)14-12-18)39(21-24(40)30(46)36(52)31(47)25(21)41,22-26(42)32(48)37(53)33(49)27(22)43)23-28(44)34(50)38(54)35(51)29(23)45/h7-14,16H,3-4,15H2,1-2H3/b55-16+. The van der Waals surface area contributed by atoms with E-state index in [4.69, 9.17) is 4.74 Å². The van der Waals surface area contributed by atoms with Crippen LogP contribution < -0.4 is 21.1 Å². The largest absolute Gasteiger partial charge is 0.497 e. The number of halogens is 15. The van der Waals surface area contributed by atoms with Crippen molar-refractivity contribution in [1.29, 1.82) is 0 Å². The second kappa shape index (κ2) is 16.1. The molecule has 5 aromatic rings. The lowest BCUT2D eigenvalue weighted by atomic mass is 9.23. The lowest BCUT2D eigenvalue weighted by Gasteiger charge is -2.40. The number of benzene rings is 5. The Morgan fingerprint density at radius 2 is 0.786 bits per heavy atom. The number of unbranched alkanes of at least 4 members (excludes halogenated alkanes) is 1. The van der Waals surface area contributed by atoms with Gasteiger partial charge in [-0.15, -0.1) is 0 Å². The molecular weight excluding hydrogens is 782 g/mol. The highest BCUT2D eigenvalue weighted by atomic mass is 19.2. The Labute approximate surface area is 307 Å². The van der Waals surface area contributed by atoms with Gasteiger partial charge in [0.15, 0.2) is 52.4 Å². The zero-order valence-electron chi connectivity index (χ0n) is 28.4. The Hall–Kier alpha value is -5.86. The number of methoxy groups -OCH3 is 1. The topological polar surface area (TPSA) is 12.2 Å². The Morgan fingerprint density at radius 3 is 1.09 bits per heavy atom. The molecule has 0 aliphatic heterocycles. The molecule has 0 bridgehead atoms. The fourth-order valence-electron chi connectivity index (χ4n) is 6.27. The average Bonchev–Trinajstić information content (AvgIpc) is 3.20. The molecule has 292 valence electrons. The number of nitrogens with zero attached hydrogens (tertiary/aromatic N) is 1. The molecule has 0 saturated carbocycles. The molecule has 0 aliphatic carbocycles. The SMILES string of the molecule is CCCC/[N+](=C\c1ccc(C#Cc2ccc(OC)cc2)cc1)[B-](c1c(F)c(F)c(F)c(F)c1F)(c1c(F)c(F)c(F)c(F)c1F)c1c(F)c(F)c(F)c(F)c1F. The van der Waals surface area contributed by atoms with Crippen molar-refractivity contribution in [2.45, 2.75) is 19.8 Å². The number of hydrogen-bond acceptors (Lipinski definition) is 1. The van der Waals surface area contributed by atoms with Gasteiger partial charge in [0, 0.05) is 23.1 Å². The number of ether oxygens (including phenoxy) is 1.